The van der Waals surface area contributed by atoms with Crippen LogP contribution in [0, 0.1) is 0 Å². The summed E-state index contributed by atoms with van der Waals surface area (Å²) in [6, 6.07) is 6.08. The molecular formula is C15H15ClN6. The van der Waals surface area contributed by atoms with Crippen LogP contribution >= 0.6 is 11.6 Å². The summed E-state index contributed by atoms with van der Waals surface area (Å²) < 4.78 is 0. The van der Waals surface area contributed by atoms with Gasteiger partial charge in [0.2, 0.25) is 5.95 Å². The minimum Gasteiger partial charge on any atom is -0.368 e. The Morgan fingerprint density at radius 3 is 3.09 bits per heavy atom. The lowest BCUT2D eigenvalue weighted by Gasteiger charge is -2.34. The van der Waals surface area contributed by atoms with E-state index in [1.807, 2.05) is 12.1 Å². The van der Waals surface area contributed by atoms with Crippen molar-refractivity contribution in [2.45, 2.75) is 19.4 Å². The first kappa shape index (κ1) is 13.3. The number of nitrogens with one attached hydrogen (secondary N) is 1. The number of nitrogens with zero attached hydrogens (tertiary/aromatic N) is 4. The lowest BCUT2D eigenvalue weighted by atomic mass is 9.91. The largest absolute Gasteiger partial charge is 0.368 e. The summed E-state index contributed by atoms with van der Waals surface area (Å²) in [5.41, 5.74) is 8.93. The number of hydrogen-bond acceptors (Lipinski definition) is 5. The van der Waals surface area contributed by atoms with E-state index in [-0.39, 0.29) is 5.95 Å². The number of aromatic nitrogens is 4. The van der Waals surface area contributed by atoms with Crippen molar-refractivity contribution in [3.8, 4) is 0 Å². The Kier molecular flexibility index (Phi) is 2.94. The summed E-state index contributed by atoms with van der Waals surface area (Å²) in [5.74, 6) is 1.40. The average Bonchev–Trinajstić information content (AvgIpc) is 2.95. The molecule has 1 aromatic carbocycles. The number of anilines is 2. The highest BCUT2D eigenvalue weighted by atomic mass is 35.5. The lowest BCUT2D eigenvalue weighted by Crippen LogP contribution is -2.33. The van der Waals surface area contributed by atoms with Crippen LogP contribution in [-0.2, 0) is 6.54 Å². The Balaban J connectivity index is 1.84. The maximum atomic E-state index is 6.39. The van der Waals surface area contributed by atoms with Crippen LogP contribution in [0.4, 0.5) is 11.8 Å². The molecule has 112 valence electrons. The molecule has 2 aromatic heterocycles. The van der Waals surface area contributed by atoms with E-state index in [0.717, 1.165) is 28.3 Å². The number of benzene rings is 1. The Morgan fingerprint density at radius 2 is 2.23 bits per heavy atom. The van der Waals surface area contributed by atoms with E-state index in [1.165, 1.54) is 5.56 Å². The molecule has 0 saturated heterocycles. The molecule has 3 N–H and O–H groups in total. The minimum absolute atomic E-state index is 0.240. The Labute approximate surface area is 132 Å². The van der Waals surface area contributed by atoms with Crippen molar-refractivity contribution in [2.75, 3.05) is 17.2 Å². The van der Waals surface area contributed by atoms with Crippen molar-refractivity contribution < 1.29 is 0 Å². The predicted octanol–water partition coefficient (Wildman–Crippen LogP) is 2.71. The van der Waals surface area contributed by atoms with Gasteiger partial charge in [0.05, 0.1) is 11.6 Å². The SMILES string of the molecule is CC1CN(c2nc(N)nc3[nH]ncc23)Cc2c(Cl)cccc21. The molecule has 6 nitrogen and oxygen atoms in total. The first-order chi connectivity index (χ1) is 10.6. The molecule has 1 atom stereocenters. The quantitative estimate of drug-likeness (QED) is 0.721. The first-order valence-corrected chi connectivity index (χ1v) is 7.50. The number of hydrogen-bond donors (Lipinski definition) is 2. The van der Waals surface area contributed by atoms with E-state index in [2.05, 4.69) is 38.1 Å². The average molecular weight is 315 g/mol. The number of halogens is 1. The first-order valence-electron chi connectivity index (χ1n) is 7.12. The molecule has 7 heteroatoms. The van der Waals surface area contributed by atoms with Crippen molar-refractivity contribution in [1.82, 2.24) is 20.2 Å². The third kappa shape index (κ3) is 1.99. The van der Waals surface area contributed by atoms with Gasteiger partial charge in [0.1, 0.15) is 5.82 Å². The van der Waals surface area contributed by atoms with Crippen LogP contribution in [0.25, 0.3) is 11.0 Å². The topological polar surface area (TPSA) is 83.7 Å². The van der Waals surface area contributed by atoms with E-state index in [4.69, 9.17) is 17.3 Å². The maximum absolute atomic E-state index is 6.39. The molecule has 0 saturated carbocycles. The third-order valence-electron chi connectivity index (χ3n) is 4.14. The van der Waals surface area contributed by atoms with Crippen molar-refractivity contribution >= 4 is 34.4 Å². The molecule has 1 unspecified atom stereocenters. The van der Waals surface area contributed by atoms with E-state index in [0.29, 0.717) is 18.1 Å². The monoisotopic (exact) mass is 314 g/mol. The van der Waals surface area contributed by atoms with E-state index in [1.54, 1.807) is 6.20 Å². The van der Waals surface area contributed by atoms with Crippen molar-refractivity contribution in [3.05, 3.63) is 40.5 Å². The second-order valence-corrected chi connectivity index (χ2v) is 6.03. The van der Waals surface area contributed by atoms with Crippen LogP contribution in [0.15, 0.2) is 24.4 Å². The van der Waals surface area contributed by atoms with E-state index in [9.17, 15) is 0 Å². The van der Waals surface area contributed by atoms with Crippen molar-refractivity contribution in [2.24, 2.45) is 0 Å². The summed E-state index contributed by atoms with van der Waals surface area (Å²) in [6.45, 7) is 3.75. The minimum atomic E-state index is 0.240. The van der Waals surface area contributed by atoms with Crippen molar-refractivity contribution in [3.63, 3.8) is 0 Å². The maximum Gasteiger partial charge on any atom is 0.224 e. The number of nitrogen functional groups attached to an aromatic ring is 1. The van der Waals surface area contributed by atoms with Gasteiger partial charge in [-0.3, -0.25) is 5.10 Å². The van der Waals surface area contributed by atoms with Crippen LogP contribution in [0.5, 0.6) is 0 Å². The molecule has 22 heavy (non-hydrogen) atoms. The Morgan fingerprint density at radius 1 is 1.36 bits per heavy atom. The zero-order valence-corrected chi connectivity index (χ0v) is 12.8. The molecule has 1 aliphatic heterocycles. The van der Waals surface area contributed by atoms with E-state index >= 15 is 0 Å². The van der Waals surface area contributed by atoms with Crippen LogP contribution in [0.2, 0.25) is 5.02 Å². The normalized spacial score (nSPS) is 17.7. The fraction of sp³-hybridized carbons (Fsp3) is 0.267. The van der Waals surface area contributed by atoms with Gasteiger partial charge in [0.25, 0.3) is 0 Å². The van der Waals surface area contributed by atoms with Crippen LogP contribution in [-0.4, -0.2) is 26.7 Å². The summed E-state index contributed by atoms with van der Waals surface area (Å²) in [5, 5.41) is 8.55. The number of fused-ring (bicyclic) bond motifs is 2. The van der Waals surface area contributed by atoms with Gasteiger partial charge in [0, 0.05) is 18.1 Å². The van der Waals surface area contributed by atoms with Crippen LogP contribution in [0.1, 0.15) is 24.0 Å². The van der Waals surface area contributed by atoms with Gasteiger partial charge in [-0.15, -0.1) is 0 Å². The zero-order valence-electron chi connectivity index (χ0n) is 12.0. The van der Waals surface area contributed by atoms with Gasteiger partial charge < -0.3 is 10.6 Å². The lowest BCUT2D eigenvalue weighted by molar-refractivity contribution is 0.635. The summed E-state index contributed by atoms with van der Waals surface area (Å²) in [7, 11) is 0. The number of rotatable bonds is 1. The molecule has 0 bridgehead atoms. The second-order valence-electron chi connectivity index (χ2n) is 5.63. The predicted molar refractivity (Wildman–Crippen MR) is 87.0 cm³/mol. The molecule has 0 radical (unpaired) electrons. The molecule has 0 aliphatic carbocycles. The fourth-order valence-corrected chi connectivity index (χ4v) is 3.37. The van der Waals surface area contributed by atoms with E-state index < -0.39 is 0 Å². The van der Waals surface area contributed by atoms with Gasteiger partial charge in [-0.05, 0) is 23.1 Å². The highest BCUT2D eigenvalue weighted by Crippen LogP contribution is 2.36. The molecule has 0 amide bonds. The van der Waals surface area contributed by atoms with Crippen LogP contribution < -0.4 is 10.6 Å². The standard InChI is InChI=1S/C15H15ClN6/c1-8-6-22(7-11-9(8)3-2-4-12(11)16)14-10-5-18-21-13(10)19-15(17)20-14/h2-5,8H,6-7H2,1H3,(H3,17,18,19,20,21). The summed E-state index contributed by atoms with van der Waals surface area (Å²) in [6.07, 6.45) is 1.73. The highest BCUT2D eigenvalue weighted by molar-refractivity contribution is 6.31. The molecule has 3 heterocycles. The molecule has 1 aliphatic rings. The second kappa shape index (κ2) is 4.84. The fourth-order valence-electron chi connectivity index (χ4n) is 3.13. The number of aromatic amines is 1. The summed E-state index contributed by atoms with van der Waals surface area (Å²) >= 11 is 6.39. The smallest absolute Gasteiger partial charge is 0.224 e. The zero-order chi connectivity index (χ0) is 15.3. The Bertz CT molecular complexity index is 858. The van der Waals surface area contributed by atoms with Crippen LogP contribution in [0.3, 0.4) is 0 Å². The molecule has 4 rings (SSSR count). The molecular weight excluding hydrogens is 300 g/mol. The van der Waals surface area contributed by atoms with Gasteiger partial charge in [0.15, 0.2) is 5.65 Å². The van der Waals surface area contributed by atoms with Gasteiger partial charge in [-0.2, -0.15) is 15.1 Å². The number of nitrogens with two attached hydrogens (primary N) is 1. The highest BCUT2D eigenvalue weighted by Gasteiger charge is 2.26. The third-order valence-corrected chi connectivity index (χ3v) is 4.49. The Hall–Kier alpha value is -2.34. The van der Waals surface area contributed by atoms with Gasteiger partial charge >= 0.3 is 0 Å². The van der Waals surface area contributed by atoms with Gasteiger partial charge in [-0.25, -0.2) is 0 Å². The summed E-state index contributed by atoms with van der Waals surface area (Å²) in [4.78, 5) is 10.8. The number of H-pyrrole nitrogens is 1. The van der Waals surface area contributed by atoms with Crippen molar-refractivity contribution in [1.29, 1.82) is 0 Å². The van der Waals surface area contributed by atoms with Gasteiger partial charge in [-0.1, -0.05) is 30.7 Å². The molecule has 0 spiro atoms. The molecule has 0 fully saturated rings. The molecule has 3 aromatic rings.